The molecule has 8 heteroatoms. The number of hydrogen-bond donors (Lipinski definition) is 1. The molecule has 2 aromatic carbocycles. The minimum absolute atomic E-state index is 0.252. The first kappa shape index (κ1) is 13.8. The Morgan fingerprint density at radius 3 is 2.52 bits per heavy atom. The highest BCUT2D eigenvalue weighted by Gasteiger charge is 2.18. The second kappa shape index (κ2) is 5.31. The Bertz CT molecular complexity index is 798. The number of nitrogen functional groups attached to an aromatic ring is 1. The van der Waals surface area contributed by atoms with Crippen LogP contribution in [-0.2, 0) is 0 Å². The van der Waals surface area contributed by atoms with E-state index in [1.54, 1.807) is 18.2 Å². The van der Waals surface area contributed by atoms with E-state index >= 15 is 0 Å². The zero-order valence-electron chi connectivity index (χ0n) is 10.5. The minimum atomic E-state index is -0.445. The van der Waals surface area contributed by atoms with Crippen molar-refractivity contribution in [3.8, 4) is 17.1 Å². The van der Waals surface area contributed by atoms with Crippen LogP contribution >= 0.6 is 23.2 Å². The first-order chi connectivity index (χ1) is 10.1. The summed E-state index contributed by atoms with van der Waals surface area (Å²) in [7, 11) is 0. The van der Waals surface area contributed by atoms with Crippen LogP contribution in [0, 0.1) is 5.82 Å². The van der Waals surface area contributed by atoms with E-state index in [1.807, 2.05) is 0 Å². The Labute approximate surface area is 129 Å². The average molecular weight is 324 g/mol. The fourth-order valence-corrected chi connectivity index (χ4v) is 2.48. The van der Waals surface area contributed by atoms with Gasteiger partial charge < -0.3 is 5.73 Å². The molecule has 106 valence electrons. The standard InChI is InChI=1S/C13H8Cl2FN5/c14-9-2-1-3-10(15)12(9)21-13(18-19-20-21)8-6-7(16)4-5-11(8)17/h1-6H,17H2. The first-order valence-electron chi connectivity index (χ1n) is 5.86. The number of aromatic nitrogens is 4. The quantitative estimate of drug-likeness (QED) is 0.734. The van der Waals surface area contributed by atoms with Crippen molar-refractivity contribution in [3.05, 3.63) is 52.3 Å². The molecule has 3 aromatic rings. The number of anilines is 1. The highest BCUT2D eigenvalue weighted by Crippen LogP contribution is 2.32. The molecule has 0 spiro atoms. The Morgan fingerprint density at radius 2 is 1.81 bits per heavy atom. The van der Waals surface area contributed by atoms with Gasteiger partial charge in [0, 0.05) is 11.3 Å². The molecule has 0 saturated carbocycles. The smallest absolute Gasteiger partial charge is 0.189 e. The SMILES string of the molecule is Nc1ccc(F)cc1-c1nnnn1-c1c(Cl)cccc1Cl. The second-order valence-electron chi connectivity index (χ2n) is 4.22. The van der Waals surface area contributed by atoms with E-state index in [0.717, 1.165) is 0 Å². The summed E-state index contributed by atoms with van der Waals surface area (Å²) in [6.45, 7) is 0. The summed E-state index contributed by atoms with van der Waals surface area (Å²) in [4.78, 5) is 0. The molecule has 3 rings (SSSR count). The Hall–Kier alpha value is -2.18. The van der Waals surface area contributed by atoms with Crippen molar-refractivity contribution in [1.29, 1.82) is 0 Å². The molecule has 0 bridgehead atoms. The Kier molecular flexibility index (Phi) is 3.48. The second-order valence-corrected chi connectivity index (χ2v) is 5.03. The molecule has 5 nitrogen and oxygen atoms in total. The van der Waals surface area contributed by atoms with Gasteiger partial charge in [0.05, 0.1) is 10.0 Å². The van der Waals surface area contributed by atoms with Gasteiger partial charge in [0.25, 0.3) is 0 Å². The van der Waals surface area contributed by atoms with E-state index in [-0.39, 0.29) is 5.82 Å². The highest BCUT2D eigenvalue weighted by atomic mass is 35.5. The number of tetrazole rings is 1. The van der Waals surface area contributed by atoms with E-state index in [4.69, 9.17) is 28.9 Å². The van der Waals surface area contributed by atoms with Gasteiger partial charge in [-0.2, -0.15) is 4.68 Å². The lowest BCUT2D eigenvalue weighted by molar-refractivity contribution is 0.628. The topological polar surface area (TPSA) is 69.6 Å². The van der Waals surface area contributed by atoms with Crippen LogP contribution in [0.4, 0.5) is 10.1 Å². The van der Waals surface area contributed by atoms with Gasteiger partial charge in [-0.15, -0.1) is 5.10 Å². The number of para-hydroxylation sites is 1. The molecule has 0 fully saturated rings. The van der Waals surface area contributed by atoms with E-state index in [9.17, 15) is 4.39 Å². The molecular formula is C13H8Cl2FN5. The molecule has 21 heavy (non-hydrogen) atoms. The third-order valence-electron chi connectivity index (χ3n) is 2.88. The maximum absolute atomic E-state index is 13.4. The van der Waals surface area contributed by atoms with Crippen LogP contribution in [0.25, 0.3) is 17.1 Å². The summed E-state index contributed by atoms with van der Waals surface area (Å²) < 4.78 is 14.8. The summed E-state index contributed by atoms with van der Waals surface area (Å²) in [6, 6.07) is 8.97. The summed E-state index contributed by atoms with van der Waals surface area (Å²) in [5.74, 6) is -0.194. The van der Waals surface area contributed by atoms with Crippen molar-refractivity contribution < 1.29 is 4.39 Å². The van der Waals surface area contributed by atoms with Crippen molar-refractivity contribution >= 4 is 28.9 Å². The normalized spacial score (nSPS) is 10.8. The van der Waals surface area contributed by atoms with Crippen molar-refractivity contribution in [3.63, 3.8) is 0 Å². The van der Waals surface area contributed by atoms with Gasteiger partial charge in [-0.05, 0) is 40.8 Å². The number of halogens is 3. The van der Waals surface area contributed by atoms with Crippen LogP contribution in [0.3, 0.4) is 0 Å². The highest BCUT2D eigenvalue weighted by molar-refractivity contribution is 6.37. The number of nitrogens with two attached hydrogens (primary N) is 1. The van der Waals surface area contributed by atoms with Crippen LogP contribution in [0.15, 0.2) is 36.4 Å². The molecule has 1 aromatic heterocycles. The Balaban J connectivity index is 2.25. The van der Waals surface area contributed by atoms with Gasteiger partial charge in [0.2, 0.25) is 0 Å². The average Bonchev–Trinajstić information content (AvgIpc) is 2.90. The summed E-state index contributed by atoms with van der Waals surface area (Å²) >= 11 is 12.3. The van der Waals surface area contributed by atoms with Crippen molar-refractivity contribution in [2.24, 2.45) is 0 Å². The van der Waals surface area contributed by atoms with Crippen LogP contribution < -0.4 is 5.73 Å². The summed E-state index contributed by atoms with van der Waals surface area (Å²) in [6.07, 6.45) is 0. The largest absolute Gasteiger partial charge is 0.398 e. The monoisotopic (exact) mass is 323 g/mol. The van der Waals surface area contributed by atoms with Gasteiger partial charge in [-0.3, -0.25) is 0 Å². The van der Waals surface area contributed by atoms with Crippen LogP contribution in [-0.4, -0.2) is 20.2 Å². The molecule has 0 aliphatic rings. The molecule has 0 amide bonds. The van der Waals surface area contributed by atoms with Gasteiger partial charge in [0.15, 0.2) is 5.82 Å². The fraction of sp³-hybridized carbons (Fsp3) is 0. The van der Waals surface area contributed by atoms with E-state index in [1.165, 1.54) is 22.9 Å². The maximum atomic E-state index is 13.4. The van der Waals surface area contributed by atoms with E-state index < -0.39 is 5.82 Å². The van der Waals surface area contributed by atoms with Gasteiger partial charge in [-0.25, -0.2) is 4.39 Å². The van der Waals surface area contributed by atoms with E-state index in [0.29, 0.717) is 27.0 Å². The first-order valence-corrected chi connectivity index (χ1v) is 6.61. The molecule has 0 radical (unpaired) electrons. The number of nitrogens with zero attached hydrogens (tertiary/aromatic N) is 4. The predicted octanol–water partition coefficient (Wildman–Crippen LogP) is 3.36. The number of hydrogen-bond acceptors (Lipinski definition) is 4. The fourth-order valence-electron chi connectivity index (χ4n) is 1.92. The van der Waals surface area contributed by atoms with Crippen LogP contribution in [0.5, 0.6) is 0 Å². The molecular weight excluding hydrogens is 316 g/mol. The lowest BCUT2D eigenvalue weighted by Crippen LogP contribution is -2.03. The van der Waals surface area contributed by atoms with Crippen molar-refractivity contribution in [1.82, 2.24) is 20.2 Å². The summed E-state index contributed by atoms with van der Waals surface area (Å²) in [5.41, 5.74) is 6.97. The molecule has 0 unspecified atom stereocenters. The zero-order chi connectivity index (χ0) is 15.0. The lowest BCUT2D eigenvalue weighted by Gasteiger charge is -2.10. The molecule has 0 aliphatic heterocycles. The van der Waals surface area contributed by atoms with Gasteiger partial charge in [0.1, 0.15) is 11.5 Å². The number of rotatable bonds is 2. The zero-order valence-corrected chi connectivity index (χ0v) is 12.0. The molecule has 0 saturated heterocycles. The molecule has 2 N–H and O–H groups in total. The predicted molar refractivity (Wildman–Crippen MR) is 79.0 cm³/mol. The minimum Gasteiger partial charge on any atom is -0.398 e. The summed E-state index contributed by atoms with van der Waals surface area (Å²) in [5, 5.41) is 12.1. The molecule has 0 aliphatic carbocycles. The van der Waals surface area contributed by atoms with Crippen molar-refractivity contribution in [2.75, 3.05) is 5.73 Å². The lowest BCUT2D eigenvalue weighted by atomic mass is 10.1. The van der Waals surface area contributed by atoms with Crippen LogP contribution in [0.2, 0.25) is 10.0 Å². The van der Waals surface area contributed by atoms with E-state index in [2.05, 4.69) is 15.5 Å². The van der Waals surface area contributed by atoms with Crippen LogP contribution in [0.1, 0.15) is 0 Å². The molecule has 1 heterocycles. The molecule has 0 atom stereocenters. The third-order valence-corrected chi connectivity index (χ3v) is 3.49. The van der Waals surface area contributed by atoms with Gasteiger partial charge in [-0.1, -0.05) is 29.3 Å². The maximum Gasteiger partial charge on any atom is 0.189 e. The van der Waals surface area contributed by atoms with Gasteiger partial charge >= 0.3 is 0 Å². The Morgan fingerprint density at radius 1 is 1.10 bits per heavy atom. The third kappa shape index (κ3) is 2.43. The van der Waals surface area contributed by atoms with Crippen molar-refractivity contribution in [2.45, 2.75) is 0 Å². The number of benzene rings is 2.